The van der Waals surface area contributed by atoms with Crippen LogP contribution in [0.15, 0.2) is 16.3 Å². The molecule has 0 aromatic carbocycles. The van der Waals surface area contributed by atoms with Gasteiger partial charge in [0.05, 0.1) is 7.11 Å². The highest BCUT2D eigenvalue weighted by Crippen LogP contribution is 2.23. The van der Waals surface area contributed by atoms with Crippen LogP contribution in [0.2, 0.25) is 0 Å². The molecule has 0 spiro atoms. The molecular weight excluding hydrogens is 324 g/mol. The molecule has 1 aromatic rings. The number of methoxy groups -OCH3 is 1. The van der Waals surface area contributed by atoms with E-state index >= 15 is 0 Å². The SMILES string of the molecule is COC(=O)c1sccc1S(=O)(=O)N[C@@H]1CCCNC1.Cl. The van der Waals surface area contributed by atoms with Gasteiger partial charge in [-0.05, 0) is 30.8 Å². The molecule has 114 valence electrons. The molecule has 0 bridgehead atoms. The Morgan fingerprint density at radius 1 is 1.55 bits per heavy atom. The van der Waals surface area contributed by atoms with Gasteiger partial charge in [0, 0.05) is 12.6 Å². The number of sulfonamides is 1. The Labute approximate surface area is 128 Å². The number of carbonyl (C=O) groups is 1. The molecule has 20 heavy (non-hydrogen) atoms. The van der Waals surface area contributed by atoms with Crippen LogP contribution in [0.4, 0.5) is 0 Å². The van der Waals surface area contributed by atoms with Gasteiger partial charge in [-0.2, -0.15) is 0 Å². The summed E-state index contributed by atoms with van der Waals surface area (Å²) in [6, 6.07) is 1.29. The van der Waals surface area contributed by atoms with Crippen molar-refractivity contribution in [2.24, 2.45) is 0 Å². The molecule has 6 nitrogen and oxygen atoms in total. The number of rotatable bonds is 4. The summed E-state index contributed by atoms with van der Waals surface area (Å²) in [5.74, 6) is -0.628. The third-order valence-electron chi connectivity index (χ3n) is 2.91. The van der Waals surface area contributed by atoms with Crippen LogP contribution in [0.5, 0.6) is 0 Å². The minimum Gasteiger partial charge on any atom is -0.465 e. The average molecular weight is 341 g/mol. The van der Waals surface area contributed by atoms with Crippen LogP contribution < -0.4 is 10.0 Å². The molecule has 0 amide bonds. The van der Waals surface area contributed by atoms with Crippen molar-refractivity contribution >= 4 is 39.7 Å². The molecule has 1 aromatic heterocycles. The minimum absolute atomic E-state index is 0. The monoisotopic (exact) mass is 340 g/mol. The second-order valence-corrected chi connectivity index (χ2v) is 6.87. The zero-order valence-corrected chi connectivity index (χ0v) is 13.4. The maximum Gasteiger partial charge on any atom is 0.349 e. The molecule has 2 N–H and O–H groups in total. The summed E-state index contributed by atoms with van der Waals surface area (Å²) in [5.41, 5.74) is 0. The van der Waals surface area contributed by atoms with Gasteiger partial charge in [0.25, 0.3) is 0 Å². The summed E-state index contributed by atoms with van der Waals surface area (Å²) in [5, 5.41) is 4.70. The molecule has 0 radical (unpaired) electrons. The van der Waals surface area contributed by atoms with Crippen molar-refractivity contribution in [2.45, 2.75) is 23.8 Å². The van der Waals surface area contributed by atoms with E-state index in [9.17, 15) is 13.2 Å². The predicted octanol–water partition coefficient (Wildman–Crippen LogP) is 0.987. The molecule has 0 aliphatic carbocycles. The van der Waals surface area contributed by atoms with E-state index in [-0.39, 0.29) is 28.2 Å². The van der Waals surface area contributed by atoms with Crippen molar-refractivity contribution in [1.82, 2.24) is 10.0 Å². The first-order chi connectivity index (χ1) is 9.04. The lowest BCUT2D eigenvalue weighted by Gasteiger charge is -2.23. The van der Waals surface area contributed by atoms with Crippen LogP contribution in [0, 0.1) is 0 Å². The maximum absolute atomic E-state index is 12.3. The third kappa shape index (κ3) is 3.92. The Morgan fingerprint density at radius 3 is 2.90 bits per heavy atom. The molecule has 9 heteroatoms. The quantitative estimate of drug-likeness (QED) is 0.798. The summed E-state index contributed by atoms with van der Waals surface area (Å²) >= 11 is 1.06. The van der Waals surface area contributed by atoms with Crippen LogP contribution in [0.1, 0.15) is 22.5 Å². The number of thiophene rings is 1. The smallest absolute Gasteiger partial charge is 0.349 e. The second kappa shape index (κ2) is 7.37. The van der Waals surface area contributed by atoms with Gasteiger partial charge < -0.3 is 10.1 Å². The van der Waals surface area contributed by atoms with Crippen LogP contribution >= 0.6 is 23.7 Å². The molecule has 1 saturated heterocycles. The summed E-state index contributed by atoms with van der Waals surface area (Å²) < 4.78 is 31.7. The van der Waals surface area contributed by atoms with Gasteiger partial charge in [0.2, 0.25) is 10.0 Å². The van der Waals surface area contributed by atoms with Crippen LogP contribution in [-0.2, 0) is 14.8 Å². The molecule has 1 aliphatic rings. The third-order valence-corrected chi connectivity index (χ3v) is 5.49. The van der Waals surface area contributed by atoms with E-state index in [2.05, 4.69) is 14.8 Å². The van der Waals surface area contributed by atoms with Crippen molar-refractivity contribution in [3.05, 3.63) is 16.3 Å². The van der Waals surface area contributed by atoms with Gasteiger partial charge in [-0.25, -0.2) is 17.9 Å². The van der Waals surface area contributed by atoms with Gasteiger partial charge in [0.1, 0.15) is 9.77 Å². The van der Waals surface area contributed by atoms with Gasteiger partial charge in [-0.3, -0.25) is 0 Å². The summed E-state index contributed by atoms with van der Waals surface area (Å²) in [6.07, 6.45) is 1.73. The molecule has 1 fully saturated rings. The largest absolute Gasteiger partial charge is 0.465 e. The highest BCUT2D eigenvalue weighted by molar-refractivity contribution is 7.89. The number of halogens is 1. The van der Waals surface area contributed by atoms with Crippen LogP contribution in [-0.4, -0.2) is 40.6 Å². The van der Waals surface area contributed by atoms with Crippen LogP contribution in [0.25, 0.3) is 0 Å². The zero-order valence-electron chi connectivity index (χ0n) is 10.9. The number of hydrogen-bond acceptors (Lipinski definition) is 6. The number of carbonyl (C=O) groups excluding carboxylic acids is 1. The maximum atomic E-state index is 12.3. The first-order valence-corrected chi connectivity index (χ1v) is 8.30. The van der Waals surface area contributed by atoms with Gasteiger partial charge in [-0.1, -0.05) is 0 Å². The van der Waals surface area contributed by atoms with Crippen molar-refractivity contribution in [3.8, 4) is 0 Å². The molecule has 2 rings (SSSR count). The number of nitrogens with one attached hydrogen (secondary N) is 2. The van der Waals surface area contributed by atoms with Gasteiger partial charge in [-0.15, -0.1) is 23.7 Å². The molecule has 1 aliphatic heterocycles. The average Bonchev–Trinajstić information content (AvgIpc) is 2.88. The summed E-state index contributed by atoms with van der Waals surface area (Å²) in [7, 11) is -2.45. The zero-order chi connectivity index (χ0) is 13.9. The lowest BCUT2D eigenvalue weighted by Crippen LogP contribution is -2.45. The van der Waals surface area contributed by atoms with E-state index < -0.39 is 16.0 Å². The van der Waals surface area contributed by atoms with Crippen molar-refractivity contribution < 1.29 is 17.9 Å². The highest BCUT2D eigenvalue weighted by Gasteiger charge is 2.27. The van der Waals surface area contributed by atoms with Crippen molar-refractivity contribution in [2.75, 3.05) is 20.2 Å². The molecule has 0 unspecified atom stereocenters. The van der Waals surface area contributed by atoms with Gasteiger partial charge >= 0.3 is 5.97 Å². The topological polar surface area (TPSA) is 84.5 Å². The molecule has 2 heterocycles. The minimum atomic E-state index is -3.68. The Bertz CT molecular complexity index is 553. The number of piperidine rings is 1. The first-order valence-electron chi connectivity index (χ1n) is 5.93. The highest BCUT2D eigenvalue weighted by atomic mass is 35.5. The summed E-state index contributed by atoms with van der Waals surface area (Å²) in [6.45, 7) is 1.51. The predicted molar refractivity (Wildman–Crippen MR) is 79.1 cm³/mol. The number of hydrogen-bond donors (Lipinski definition) is 2. The number of ether oxygens (including phenoxy) is 1. The van der Waals surface area contributed by atoms with Crippen LogP contribution in [0.3, 0.4) is 0 Å². The summed E-state index contributed by atoms with van der Waals surface area (Å²) in [4.78, 5) is 11.6. The normalized spacial score (nSPS) is 19.1. The second-order valence-electron chi connectivity index (χ2n) is 4.27. The fourth-order valence-corrected chi connectivity index (χ4v) is 4.59. The molecular formula is C11H17ClN2O4S2. The fourth-order valence-electron chi connectivity index (χ4n) is 1.99. The van der Waals surface area contributed by atoms with E-state index in [4.69, 9.17) is 0 Å². The fraction of sp³-hybridized carbons (Fsp3) is 0.545. The van der Waals surface area contributed by atoms with Crippen molar-refractivity contribution in [3.63, 3.8) is 0 Å². The Morgan fingerprint density at radius 2 is 2.30 bits per heavy atom. The van der Waals surface area contributed by atoms with Gasteiger partial charge in [0.15, 0.2) is 0 Å². The number of esters is 1. The Hall–Kier alpha value is -0.670. The van der Waals surface area contributed by atoms with E-state index in [1.54, 1.807) is 5.38 Å². The Balaban J connectivity index is 0.00000200. The molecule has 0 saturated carbocycles. The Kier molecular flexibility index (Phi) is 6.41. The van der Waals surface area contributed by atoms with E-state index in [0.717, 1.165) is 30.7 Å². The van der Waals surface area contributed by atoms with E-state index in [0.29, 0.717) is 6.54 Å². The first kappa shape index (κ1) is 17.4. The van der Waals surface area contributed by atoms with E-state index in [1.807, 2.05) is 0 Å². The molecule has 1 atom stereocenters. The lowest BCUT2D eigenvalue weighted by molar-refractivity contribution is 0.0602. The van der Waals surface area contributed by atoms with Crippen molar-refractivity contribution in [1.29, 1.82) is 0 Å². The lowest BCUT2D eigenvalue weighted by atomic mass is 10.1. The van der Waals surface area contributed by atoms with E-state index in [1.165, 1.54) is 13.2 Å². The standard InChI is InChI=1S/C11H16N2O4S2.ClH/c1-17-11(14)10-9(4-6-18-10)19(15,16)13-8-3-2-5-12-7-8;/h4,6,8,12-13H,2-3,5,7H2,1H3;1H/t8-;/m1./s1.